The molecule has 3 aromatic rings. The van der Waals surface area contributed by atoms with Crippen molar-refractivity contribution >= 4 is 39.9 Å². The molecule has 0 unspecified atom stereocenters. The molecule has 1 heterocycles. The molecule has 0 radical (unpaired) electrons. The number of anilines is 2. The number of carbonyl (C=O) groups excluding carboxylic acids is 3. The van der Waals surface area contributed by atoms with E-state index in [9.17, 15) is 14.4 Å². The molecule has 5 nitrogen and oxygen atoms in total. The molecule has 140 valence electrons. The smallest absolute Gasteiger partial charge is 0.258 e. The number of hydrogen-bond acceptors (Lipinski definition) is 3. The summed E-state index contributed by atoms with van der Waals surface area (Å²) in [6.07, 6.45) is 0.481. The second-order valence-corrected chi connectivity index (χ2v) is 6.72. The van der Waals surface area contributed by atoms with Crippen molar-refractivity contribution in [3.05, 3.63) is 72.3 Å². The van der Waals surface area contributed by atoms with Crippen LogP contribution in [0.25, 0.3) is 10.8 Å². The standard InChI is InChI=1S/C23H20N2O3/c1-2-24(20-9-5-7-16-6-3-4-8-19(16)20)23(28)17-10-12-18(13-11-17)25-21(26)14-15-22(25)27/h3-13H,2,14-15H2,1H3. The number of rotatable bonds is 4. The Morgan fingerprint density at radius 3 is 2.21 bits per heavy atom. The van der Waals surface area contributed by atoms with Crippen molar-refractivity contribution in [2.24, 2.45) is 0 Å². The molecule has 0 bridgehead atoms. The van der Waals surface area contributed by atoms with Gasteiger partial charge in [-0.2, -0.15) is 0 Å². The fourth-order valence-corrected chi connectivity index (χ4v) is 3.64. The van der Waals surface area contributed by atoms with Gasteiger partial charge in [0, 0.05) is 30.3 Å². The summed E-state index contributed by atoms with van der Waals surface area (Å²) in [5, 5.41) is 2.10. The molecule has 1 aliphatic heterocycles. The minimum atomic E-state index is -0.199. The van der Waals surface area contributed by atoms with Gasteiger partial charge in [0.15, 0.2) is 0 Å². The number of fused-ring (bicyclic) bond motifs is 1. The number of nitrogens with zero attached hydrogens (tertiary/aromatic N) is 2. The van der Waals surface area contributed by atoms with E-state index in [2.05, 4.69) is 0 Å². The van der Waals surface area contributed by atoms with Crippen LogP contribution in [0, 0.1) is 0 Å². The molecule has 3 aromatic carbocycles. The molecule has 0 aliphatic carbocycles. The van der Waals surface area contributed by atoms with Crippen LogP contribution in [-0.2, 0) is 9.59 Å². The summed E-state index contributed by atoms with van der Waals surface area (Å²) in [6.45, 7) is 2.47. The summed E-state index contributed by atoms with van der Waals surface area (Å²) in [7, 11) is 0. The van der Waals surface area contributed by atoms with E-state index in [1.165, 1.54) is 4.90 Å². The second kappa shape index (κ2) is 7.27. The van der Waals surface area contributed by atoms with E-state index < -0.39 is 0 Å². The van der Waals surface area contributed by atoms with Gasteiger partial charge in [0.1, 0.15) is 0 Å². The van der Waals surface area contributed by atoms with E-state index in [1.807, 2.05) is 49.4 Å². The van der Waals surface area contributed by atoms with Gasteiger partial charge < -0.3 is 4.90 Å². The summed E-state index contributed by atoms with van der Waals surface area (Å²) in [6, 6.07) is 20.5. The maximum atomic E-state index is 13.2. The van der Waals surface area contributed by atoms with Crippen LogP contribution in [0.5, 0.6) is 0 Å². The van der Waals surface area contributed by atoms with Crippen LogP contribution >= 0.6 is 0 Å². The van der Waals surface area contributed by atoms with Crippen LogP contribution in [-0.4, -0.2) is 24.3 Å². The Labute approximate surface area is 163 Å². The van der Waals surface area contributed by atoms with Crippen LogP contribution in [0.3, 0.4) is 0 Å². The molecule has 0 N–H and O–H groups in total. The lowest BCUT2D eigenvalue weighted by Crippen LogP contribution is -2.31. The minimum absolute atomic E-state index is 0.121. The van der Waals surface area contributed by atoms with E-state index >= 15 is 0 Å². The third kappa shape index (κ3) is 3.05. The van der Waals surface area contributed by atoms with Crippen molar-refractivity contribution in [2.75, 3.05) is 16.3 Å². The fraction of sp³-hybridized carbons (Fsp3) is 0.174. The Bertz CT molecular complexity index is 1050. The Balaban J connectivity index is 1.66. The Morgan fingerprint density at radius 2 is 1.54 bits per heavy atom. The van der Waals surface area contributed by atoms with Gasteiger partial charge in [-0.1, -0.05) is 36.4 Å². The maximum absolute atomic E-state index is 13.2. The molecule has 28 heavy (non-hydrogen) atoms. The molecule has 0 atom stereocenters. The van der Waals surface area contributed by atoms with E-state index in [0.717, 1.165) is 16.5 Å². The molecule has 0 spiro atoms. The largest absolute Gasteiger partial charge is 0.308 e. The van der Waals surface area contributed by atoms with E-state index in [0.29, 0.717) is 17.8 Å². The van der Waals surface area contributed by atoms with Crippen molar-refractivity contribution in [3.63, 3.8) is 0 Å². The average molecular weight is 372 g/mol. The van der Waals surface area contributed by atoms with Crippen LogP contribution in [0.2, 0.25) is 0 Å². The van der Waals surface area contributed by atoms with Gasteiger partial charge in [0.25, 0.3) is 5.91 Å². The SMILES string of the molecule is CCN(C(=O)c1ccc(N2C(=O)CCC2=O)cc1)c1cccc2ccccc12. The van der Waals surface area contributed by atoms with Gasteiger partial charge in [-0.05, 0) is 42.6 Å². The zero-order chi connectivity index (χ0) is 19.7. The Hall–Kier alpha value is -3.47. The van der Waals surface area contributed by atoms with Crippen molar-refractivity contribution < 1.29 is 14.4 Å². The quantitative estimate of drug-likeness (QED) is 0.646. The number of carbonyl (C=O) groups is 3. The molecule has 0 saturated carbocycles. The van der Waals surface area contributed by atoms with Crippen LogP contribution < -0.4 is 9.80 Å². The molecule has 0 aromatic heterocycles. The van der Waals surface area contributed by atoms with E-state index in [-0.39, 0.29) is 30.6 Å². The molecule has 4 rings (SSSR count). The number of hydrogen-bond donors (Lipinski definition) is 0. The monoisotopic (exact) mass is 372 g/mol. The van der Waals surface area contributed by atoms with Crippen LogP contribution in [0.15, 0.2) is 66.7 Å². The van der Waals surface area contributed by atoms with E-state index in [4.69, 9.17) is 0 Å². The lowest BCUT2D eigenvalue weighted by molar-refractivity contribution is -0.121. The highest BCUT2D eigenvalue weighted by atomic mass is 16.2. The summed E-state index contributed by atoms with van der Waals surface area (Å²) in [5.74, 6) is -0.519. The van der Waals surface area contributed by atoms with Crippen molar-refractivity contribution in [1.29, 1.82) is 0 Å². The maximum Gasteiger partial charge on any atom is 0.258 e. The van der Waals surface area contributed by atoms with Crippen molar-refractivity contribution in [3.8, 4) is 0 Å². The first kappa shape index (κ1) is 17.9. The second-order valence-electron chi connectivity index (χ2n) is 6.72. The first-order valence-corrected chi connectivity index (χ1v) is 9.35. The first-order chi connectivity index (χ1) is 13.6. The average Bonchev–Trinajstić information content (AvgIpc) is 3.07. The fourth-order valence-electron chi connectivity index (χ4n) is 3.64. The highest BCUT2D eigenvalue weighted by molar-refractivity contribution is 6.20. The number of benzene rings is 3. The summed E-state index contributed by atoms with van der Waals surface area (Å²) >= 11 is 0. The first-order valence-electron chi connectivity index (χ1n) is 9.35. The molecule has 5 heteroatoms. The highest BCUT2D eigenvalue weighted by Gasteiger charge is 2.30. The third-order valence-corrected chi connectivity index (χ3v) is 5.04. The van der Waals surface area contributed by atoms with Gasteiger partial charge in [-0.3, -0.25) is 19.3 Å². The summed E-state index contributed by atoms with van der Waals surface area (Å²) in [5.41, 5.74) is 1.88. The van der Waals surface area contributed by atoms with Gasteiger partial charge in [0.2, 0.25) is 11.8 Å². The van der Waals surface area contributed by atoms with Gasteiger partial charge in [-0.15, -0.1) is 0 Å². The van der Waals surface area contributed by atoms with Crippen molar-refractivity contribution in [2.45, 2.75) is 19.8 Å². The zero-order valence-electron chi connectivity index (χ0n) is 15.6. The lowest BCUT2D eigenvalue weighted by atomic mass is 10.1. The summed E-state index contributed by atoms with van der Waals surface area (Å²) < 4.78 is 0. The zero-order valence-corrected chi connectivity index (χ0v) is 15.6. The topological polar surface area (TPSA) is 57.7 Å². The number of amides is 3. The normalized spacial score (nSPS) is 14.0. The minimum Gasteiger partial charge on any atom is -0.308 e. The Morgan fingerprint density at radius 1 is 0.893 bits per heavy atom. The van der Waals surface area contributed by atoms with Gasteiger partial charge in [0.05, 0.1) is 11.4 Å². The Kier molecular flexibility index (Phi) is 4.65. The predicted molar refractivity (Wildman–Crippen MR) is 109 cm³/mol. The lowest BCUT2D eigenvalue weighted by Gasteiger charge is -2.23. The van der Waals surface area contributed by atoms with Crippen molar-refractivity contribution in [1.82, 2.24) is 0 Å². The molecule has 1 saturated heterocycles. The molecule has 3 amide bonds. The predicted octanol–water partition coefficient (Wildman–Crippen LogP) is 4.16. The van der Waals surface area contributed by atoms with E-state index in [1.54, 1.807) is 29.2 Å². The van der Waals surface area contributed by atoms with Crippen LogP contribution in [0.4, 0.5) is 11.4 Å². The summed E-state index contributed by atoms with van der Waals surface area (Å²) in [4.78, 5) is 39.9. The third-order valence-electron chi connectivity index (χ3n) is 5.04. The van der Waals surface area contributed by atoms with Gasteiger partial charge in [-0.25, -0.2) is 0 Å². The van der Waals surface area contributed by atoms with Crippen LogP contribution in [0.1, 0.15) is 30.1 Å². The molecule has 1 fully saturated rings. The molecular formula is C23H20N2O3. The molecular weight excluding hydrogens is 352 g/mol. The highest BCUT2D eigenvalue weighted by Crippen LogP contribution is 2.29. The van der Waals surface area contributed by atoms with Gasteiger partial charge >= 0.3 is 0 Å². The molecule has 1 aliphatic rings. The number of imide groups is 1.